The van der Waals surface area contributed by atoms with Crippen LogP contribution in [-0.4, -0.2) is 156 Å². The van der Waals surface area contributed by atoms with Crippen LogP contribution in [0.5, 0.6) is 11.5 Å². The van der Waals surface area contributed by atoms with Crippen LogP contribution in [0.4, 0.5) is 0 Å². The molecular weight excluding hydrogens is 1010 g/mol. The van der Waals surface area contributed by atoms with Crippen molar-refractivity contribution < 1.29 is 93.0 Å². The van der Waals surface area contributed by atoms with Gasteiger partial charge in [-0.15, -0.1) is 0 Å². The fraction of sp³-hybridized carbons (Fsp3) is 0.468. The average molecular weight is 1070 g/mol. The van der Waals surface area contributed by atoms with E-state index in [0.29, 0.717) is 5.56 Å². The summed E-state index contributed by atoms with van der Waals surface area (Å²) in [6, 6.07) is -3.65. The number of rotatable bonds is 34. The minimum Gasteiger partial charge on any atom is -0.508 e. The molecule has 19 N–H and O–H groups in total. The standard InChI is InChI=1S/C47H64N10O19/c1-22(2)17-34(47(75)76)57-43(71)29(12-15-36(50)61)51-41(69)28(11-14-35(49)60)52-44(72)31(19-24-5-9-26(59)10-6-24)55-46(74)33(21-39(66)67)56-42(70)30(13-16-37(62)63)53-45(73)32(20-38(64)65)54-40(68)27(48)18-23-3-7-25(58)8-4-23/h3-10,22,27-34,58-59H,11-21,48H2,1-2H3,(H2,49,60)(H2,50,61)(H,51,69)(H,52,72)(H,53,73)(H,54,68)(H,55,74)(H,56,70)(H,57,71)(H,62,63)(H,64,65)(H,66,67)(H,75,76)/t27-,28-,29-,30-,31-,32-,33-,34-/m0/s1. The van der Waals surface area contributed by atoms with Crippen LogP contribution in [0.2, 0.25) is 0 Å². The molecule has 0 fully saturated rings. The number of carboxylic acid groups (broad SMARTS) is 4. The second-order valence-electron chi connectivity index (χ2n) is 17.9. The maximum atomic E-state index is 14.2. The minimum absolute atomic E-state index is 0.0427. The highest BCUT2D eigenvalue weighted by Gasteiger charge is 2.36. The molecule has 0 heterocycles. The zero-order valence-corrected chi connectivity index (χ0v) is 41.3. The lowest BCUT2D eigenvalue weighted by Crippen LogP contribution is -2.61. The molecule has 0 aliphatic heterocycles. The van der Waals surface area contributed by atoms with Gasteiger partial charge in [-0.2, -0.15) is 0 Å². The Morgan fingerprint density at radius 1 is 0.421 bits per heavy atom. The van der Waals surface area contributed by atoms with Crippen molar-refractivity contribution in [2.75, 3.05) is 0 Å². The lowest BCUT2D eigenvalue weighted by Gasteiger charge is -2.27. The zero-order valence-electron chi connectivity index (χ0n) is 41.3. The molecule has 0 spiro atoms. The molecule has 0 saturated carbocycles. The molecule has 2 rings (SSSR count). The van der Waals surface area contributed by atoms with Gasteiger partial charge in [-0.1, -0.05) is 38.1 Å². The maximum Gasteiger partial charge on any atom is 0.326 e. The van der Waals surface area contributed by atoms with Crippen molar-refractivity contribution in [1.29, 1.82) is 0 Å². The number of hydrogen-bond donors (Lipinski definition) is 16. The molecular formula is C47H64N10O19. The van der Waals surface area contributed by atoms with Gasteiger partial charge in [-0.25, -0.2) is 4.79 Å². The van der Waals surface area contributed by atoms with Gasteiger partial charge >= 0.3 is 23.9 Å². The summed E-state index contributed by atoms with van der Waals surface area (Å²) in [7, 11) is 0. The summed E-state index contributed by atoms with van der Waals surface area (Å²) in [5, 5.41) is 73.4. The summed E-state index contributed by atoms with van der Waals surface area (Å²) < 4.78 is 0. The Kier molecular flexibility index (Phi) is 25.8. The number of carbonyl (C=O) groups is 13. The Balaban J connectivity index is 2.51. The molecule has 2 aromatic rings. The van der Waals surface area contributed by atoms with Gasteiger partial charge in [0.2, 0.25) is 53.2 Å². The largest absolute Gasteiger partial charge is 0.508 e. The maximum absolute atomic E-state index is 14.2. The van der Waals surface area contributed by atoms with E-state index in [-0.39, 0.29) is 35.8 Å². The molecule has 0 saturated heterocycles. The summed E-state index contributed by atoms with van der Waals surface area (Å²) in [6.45, 7) is 3.36. The molecule has 0 aromatic heterocycles. The summed E-state index contributed by atoms with van der Waals surface area (Å²) >= 11 is 0. The van der Waals surface area contributed by atoms with Gasteiger partial charge in [-0.05, 0) is 73.4 Å². The summed E-state index contributed by atoms with van der Waals surface area (Å²) in [5.74, 6) is -17.4. The smallest absolute Gasteiger partial charge is 0.326 e. The van der Waals surface area contributed by atoms with Crippen molar-refractivity contribution in [3.8, 4) is 11.5 Å². The molecule has 2 aromatic carbocycles. The Bertz CT molecular complexity index is 2440. The Hall–Kier alpha value is -8.89. The van der Waals surface area contributed by atoms with E-state index in [1.165, 1.54) is 48.5 Å². The highest BCUT2D eigenvalue weighted by Crippen LogP contribution is 2.15. The van der Waals surface area contributed by atoms with Crippen molar-refractivity contribution in [2.45, 2.75) is 133 Å². The van der Waals surface area contributed by atoms with E-state index in [1.807, 2.05) is 0 Å². The zero-order chi connectivity index (χ0) is 57.4. The first-order chi connectivity index (χ1) is 35.5. The predicted octanol–water partition coefficient (Wildman–Crippen LogP) is -3.92. The number of benzene rings is 2. The quantitative estimate of drug-likeness (QED) is 0.0318. The van der Waals surface area contributed by atoms with Crippen LogP contribution in [0.15, 0.2) is 48.5 Å². The van der Waals surface area contributed by atoms with Crippen molar-refractivity contribution in [2.24, 2.45) is 23.1 Å². The number of aliphatic carboxylic acids is 4. The molecule has 0 aliphatic carbocycles. The summed E-state index contributed by atoms with van der Waals surface area (Å²) in [5.41, 5.74) is 17.3. The highest BCUT2D eigenvalue weighted by molar-refractivity contribution is 5.99. The number of nitrogens with one attached hydrogen (secondary N) is 7. The second kappa shape index (κ2) is 31.0. The van der Waals surface area contributed by atoms with E-state index in [2.05, 4.69) is 37.2 Å². The number of aromatic hydroxyl groups is 2. The normalized spacial score (nSPS) is 14.1. The van der Waals surface area contributed by atoms with E-state index in [4.69, 9.17) is 17.2 Å². The molecule has 29 heteroatoms. The Labute approximate surface area is 433 Å². The number of nitrogens with two attached hydrogens (primary N) is 3. The van der Waals surface area contributed by atoms with Gasteiger partial charge in [0.05, 0.1) is 18.9 Å². The third kappa shape index (κ3) is 23.8. The average Bonchev–Trinajstić information content (AvgIpc) is 3.32. The van der Waals surface area contributed by atoms with Crippen molar-refractivity contribution in [3.05, 3.63) is 59.7 Å². The molecule has 29 nitrogen and oxygen atoms in total. The van der Waals surface area contributed by atoms with E-state index in [0.717, 1.165) is 0 Å². The van der Waals surface area contributed by atoms with Gasteiger partial charge in [0.15, 0.2) is 0 Å². The summed E-state index contributed by atoms with van der Waals surface area (Å²) in [4.78, 5) is 167. The van der Waals surface area contributed by atoms with Crippen LogP contribution < -0.4 is 54.4 Å². The number of phenols is 2. The lowest BCUT2D eigenvalue weighted by atomic mass is 10.0. The Morgan fingerprint density at radius 2 is 0.737 bits per heavy atom. The van der Waals surface area contributed by atoms with Crippen LogP contribution in [0, 0.1) is 5.92 Å². The minimum atomic E-state index is -2.15. The number of hydrogen-bond acceptors (Lipinski definition) is 16. The van der Waals surface area contributed by atoms with Crippen molar-refractivity contribution >= 4 is 77.0 Å². The van der Waals surface area contributed by atoms with E-state index < -0.39 is 183 Å². The Morgan fingerprint density at radius 3 is 1.09 bits per heavy atom. The van der Waals surface area contributed by atoms with Crippen LogP contribution in [0.25, 0.3) is 0 Å². The highest BCUT2D eigenvalue weighted by atomic mass is 16.4. The summed E-state index contributed by atoms with van der Waals surface area (Å²) in [6.07, 6.45) is -6.73. The number of carbonyl (C=O) groups excluding carboxylic acids is 9. The fourth-order valence-electron chi connectivity index (χ4n) is 7.08. The number of carboxylic acids is 4. The molecule has 416 valence electrons. The van der Waals surface area contributed by atoms with E-state index in [9.17, 15) is 93.0 Å². The van der Waals surface area contributed by atoms with Gasteiger partial charge in [0, 0.05) is 25.7 Å². The molecule has 8 atom stereocenters. The molecule has 0 radical (unpaired) electrons. The van der Waals surface area contributed by atoms with Gasteiger partial charge in [0.1, 0.15) is 53.8 Å². The molecule has 0 aliphatic rings. The number of amides is 9. The first-order valence-electron chi connectivity index (χ1n) is 23.4. The molecule has 76 heavy (non-hydrogen) atoms. The first kappa shape index (κ1) is 63.2. The van der Waals surface area contributed by atoms with Gasteiger partial charge in [-0.3, -0.25) is 57.5 Å². The van der Waals surface area contributed by atoms with E-state index in [1.54, 1.807) is 13.8 Å². The number of primary amides is 2. The van der Waals surface area contributed by atoms with Crippen LogP contribution in [0.3, 0.4) is 0 Å². The van der Waals surface area contributed by atoms with Crippen LogP contribution >= 0.6 is 0 Å². The SMILES string of the molecule is CC(C)C[C@H](NC(=O)[C@H](CCC(N)=O)NC(=O)[C@H](CCC(N)=O)NC(=O)[C@H](Cc1ccc(O)cc1)NC(=O)[C@H](CC(=O)O)NC(=O)[C@H](CCC(=O)O)NC(=O)[C@H](CC(=O)O)NC(=O)[C@@H](N)Cc1ccc(O)cc1)C(=O)O. The van der Waals surface area contributed by atoms with Crippen molar-refractivity contribution in [1.82, 2.24) is 37.2 Å². The van der Waals surface area contributed by atoms with Crippen LogP contribution in [-0.2, 0) is 75.2 Å². The van der Waals surface area contributed by atoms with Gasteiger partial charge in [0.25, 0.3) is 0 Å². The predicted molar refractivity (Wildman–Crippen MR) is 260 cm³/mol. The molecule has 9 amide bonds. The number of phenolic OH excluding ortho intramolecular Hbond substituents is 2. The fourth-order valence-corrected chi connectivity index (χ4v) is 7.08. The lowest BCUT2D eigenvalue weighted by molar-refractivity contribution is -0.143. The first-order valence-corrected chi connectivity index (χ1v) is 23.4. The third-order valence-corrected chi connectivity index (χ3v) is 11.0. The molecule has 0 unspecified atom stereocenters. The topological polar surface area (TPSA) is 506 Å². The van der Waals surface area contributed by atoms with Gasteiger partial charge < -0.3 is 85.1 Å². The second-order valence-corrected chi connectivity index (χ2v) is 17.9. The monoisotopic (exact) mass is 1070 g/mol. The third-order valence-electron chi connectivity index (χ3n) is 11.0. The van der Waals surface area contributed by atoms with Crippen molar-refractivity contribution in [3.63, 3.8) is 0 Å². The van der Waals surface area contributed by atoms with E-state index >= 15 is 0 Å². The molecule has 0 bridgehead atoms. The van der Waals surface area contributed by atoms with Crippen LogP contribution in [0.1, 0.15) is 82.8 Å².